The average molecular weight is 279 g/mol. The maximum atomic E-state index is 2.47. The van der Waals surface area contributed by atoms with Crippen LogP contribution in [-0.4, -0.2) is 24.5 Å². The summed E-state index contributed by atoms with van der Waals surface area (Å²) in [6.45, 7) is 11.1. The van der Waals surface area contributed by atoms with Gasteiger partial charge in [-0.05, 0) is 25.2 Å². The molecule has 0 unspecified atom stereocenters. The minimum atomic E-state index is 0. The van der Waals surface area contributed by atoms with Crippen molar-refractivity contribution in [2.45, 2.75) is 27.3 Å². The van der Waals surface area contributed by atoms with Crippen LogP contribution in [0.3, 0.4) is 0 Å². The van der Waals surface area contributed by atoms with Gasteiger partial charge >= 0.3 is 0 Å². The number of aromatic nitrogens is 1. The van der Waals surface area contributed by atoms with Crippen molar-refractivity contribution in [3.8, 4) is 0 Å². The van der Waals surface area contributed by atoms with E-state index in [0.29, 0.717) is 0 Å². The zero-order chi connectivity index (χ0) is 13.0. The van der Waals surface area contributed by atoms with Crippen molar-refractivity contribution in [3.05, 3.63) is 42.1 Å². The highest BCUT2D eigenvalue weighted by molar-refractivity contribution is 5.75. The van der Waals surface area contributed by atoms with E-state index in [1.165, 1.54) is 16.6 Å². The molecule has 2 nitrogen and oxygen atoms in total. The molecule has 0 fully saturated rings. The van der Waals surface area contributed by atoms with E-state index < -0.39 is 0 Å². The van der Waals surface area contributed by atoms with E-state index in [1.807, 2.05) is 0 Å². The summed E-state index contributed by atoms with van der Waals surface area (Å²) in [6, 6.07) is 13.0. The first kappa shape index (κ1) is 15.9. The van der Waals surface area contributed by atoms with Crippen molar-refractivity contribution >= 4 is 10.9 Å². The number of likely N-dealkylation sites (N-methyl/N-ethyl adjacent to an activating group) is 1. The van der Waals surface area contributed by atoms with E-state index in [-0.39, 0.29) is 12.4 Å². The summed E-state index contributed by atoms with van der Waals surface area (Å²) in [4.78, 5) is 2.47. The van der Waals surface area contributed by atoms with Gasteiger partial charge in [0.15, 0.2) is 12.2 Å². The predicted octanol–water partition coefficient (Wildman–Crippen LogP) is -0.218. The summed E-state index contributed by atoms with van der Waals surface area (Å²) in [7, 11) is 0. The highest BCUT2D eigenvalue weighted by Gasteiger charge is 2.12. The zero-order valence-corrected chi connectivity index (χ0v) is 12.8. The molecule has 0 radical (unpaired) electrons. The van der Waals surface area contributed by atoms with Crippen molar-refractivity contribution in [3.63, 3.8) is 0 Å². The Morgan fingerprint density at radius 3 is 2.37 bits per heavy atom. The molecule has 2 rings (SSSR count). The van der Waals surface area contributed by atoms with Gasteiger partial charge in [-0.2, -0.15) is 4.57 Å². The molecule has 0 saturated heterocycles. The fraction of sp³-hybridized carbons (Fsp3) is 0.438. The molecule has 0 aliphatic rings. The van der Waals surface area contributed by atoms with Gasteiger partial charge in [0.05, 0.1) is 6.54 Å². The first-order valence-corrected chi connectivity index (χ1v) is 6.86. The van der Waals surface area contributed by atoms with Gasteiger partial charge in [0.2, 0.25) is 5.52 Å². The van der Waals surface area contributed by atoms with Crippen molar-refractivity contribution in [2.75, 3.05) is 19.6 Å². The number of pyridine rings is 1. The number of hydrogen-bond donors (Lipinski definition) is 0. The third-order valence-electron chi connectivity index (χ3n) is 3.69. The molecular formula is C16H23ClN2. The van der Waals surface area contributed by atoms with Crippen LogP contribution in [0.5, 0.6) is 0 Å². The first-order chi connectivity index (χ1) is 8.76. The molecule has 0 aliphatic heterocycles. The maximum absolute atomic E-state index is 2.47. The van der Waals surface area contributed by atoms with Crippen LogP contribution in [0.4, 0.5) is 0 Å². The highest BCUT2D eigenvalue weighted by atomic mass is 35.5. The lowest BCUT2D eigenvalue weighted by molar-refractivity contribution is -0.677. The Hall–Kier alpha value is -1.12. The van der Waals surface area contributed by atoms with Gasteiger partial charge in [0.1, 0.15) is 0 Å². The van der Waals surface area contributed by atoms with E-state index in [2.05, 4.69) is 66.6 Å². The van der Waals surface area contributed by atoms with Crippen LogP contribution in [0, 0.1) is 6.92 Å². The van der Waals surface area contributed by atoms with Crippen LogP contribution in [-0.2, 0) is 6.54 Å². The number of benzene rings is 1. The van der Waals surface area contributed by atoms with Crippen LogP contribution < -0.4 is 17.0 Å². The Morgan fingerprint density at radius 2 is 1.68 bits per heavy atom. The average Bonchev–Trinajstić information content (AvgIpc) is 2.42. The molecule has 1 heterocycles. The smallest absolute Gasteiger partial charge is 0.212 e. The molecule has 0 spiro atoms. The molecule has 0 bridgehead atoms. The molecule has 3 heteroatoms. The zero-order valence-electron chi connectivity index (χ0n) is 12.1. The van der Waals surface area contributed by atoms with E-state index in [4.69, 9.17) is 0 Å². The van der Waals surface area contributed by atoms with E-state index >= 15 is 0 Å². The molecule has 1 aromatic heterocycles. The van der Waals surface area contributed by atoms with Gasteiger partial charge in [0.25, 0.3) is 0 Å². The van der Waals surface area contributed by atoms with Crippen LogP contribution in [0.1, 0.15) is 19.5 Å². The van der Waals surface area contributed by atoms with Crippen LogP contribution in [0.25, 0.3) is 10.9 Å². The Morgan fingerprint density at radius 1 is 1.00 bits per heavy atom. The van der Waals surface area contributed by atoms with Gasteiger partial charge in [0, 0.05) is 24.4 Å². The fourth-order valence-electron chi connectivity index (χ4n) is 2.44. The Labute approximate surface area is 122 Å². The normalized spacial score (nSPS) is 10.7. The number of halogens is 1. The third-order valence-corrected chi connectivity index (χ3v) is 3.69. The summed E-state index contributed by atoms with van der Waals surface area (Å²) in [5.41, 5.74) is 2.67. The summed E-state index contributed by atoms with van der Waals surface area (Å²) >= 11 is 0. The number of fused-ring (bicyclic) bond motifs is 1. The fourth-order valence-corrected chi connectivity index (χ4v) is 2.44. The number of para-hydroxylation sites is 1. The summed E-state index contributed by atoms with van der Waals surface area (Å²) < 4.78 is 2.42. The van der Waals surface area contributed by atoms with E-state index in [0.717, 1.165) is 26.2 Å². The monoisotopic (exact) mass is 278 g/mol. The van der Waals surface area contributed by atoms with Gasteiger partial charge < -0.3 is 12.4 Å². The summed E-state index contributed by atoms with van der Waals surface area (Å²) in [5.74, 6) is 0. The molecule has 0 saturated carbocycles. The molecule has 0 N–H and O–H groups in total. The number of nitrogens with zero attached hydrogens (tertiary/aromatic N) is 2. The molecule has 104 valence electrons. The molecule has 19 heavy (non-hydrogen) atoms. The lowest BCUT2D eigenvalue weighted by Gasteiger charge is -2.16. The third kappa shape index (κ3) is 3.68. The molecule has 1 aromatic carbocycles. The lowest BCUT2D eigenvalue weighted by Crippen LogP contribution is -3.00. The number of aryl methyl sites for hydroxylation is 1. The van der Waals surface area contributed by atoms with Crippen molar-refractivity contribution in [1.29, 1.82) is 0 Å². The topological polar surface area (TPSA) is 7.12 Å². The van der Waals surface area contributed by atoms with Crippen molar-refractivity contribution in [2.24, 2.45) is 0 Å². The Balaban J connectivity index is 0.00000180. The second kappa shape index (κ2) is 7.46. The molecule has 2 aromatic rings. The SMILES string of the molecule is CCN(CC)CC[n+]1c(C)ccc2ccccc21.[Cl-]. The Bertz CT molecular complexity index is 521. The first-order valence-electron chi connectivity index (χ1n) is 6.86. The summed E-state index contributed by atoms with van der Waals surface area (Å²) in [6.07, 6.45) is 0. The lowest BCUT2D eigenvalue weighted by atomic mass is 10.2. The standard InChI is InChI=1S/C16H23N2.ClH/c1-4-17(5-2)12-13-18-14(3)10-11-15-8-6-7-9-16(15)18;/h6-11H,4-5,12-13H2,1-3H3;1H/q+1;/p-1. The molecule has 0 aliphatic carbocycles. The second-order valence-electron chi connectivity index (χ2n) is 4.71. The largest absolute Gasteiger partial charge is 1.00 e. The minimum absolute atomic E-state index is 0. The highest BCUT2D eigenvalue weighted by Crippen LogP contribution is 2.10. The van der Waals surface area contributed by atoms with Crippen LogP contribution in [0.2, 0.25) is 0 Å². The van der Waals surface area contributed by atoms with Crippen molar-refractivity contribution in [1.82, 2.24) is 4.90 Å². The molecule has 0 atom stereocenters. The van der Waals surface area contributed by atoms with Crippen molar-refractivity contribution < 1.29 is 17.0 Å². The van der Waals surface area contributed by atoms with E-state index in [9.17, 15) is 0 Å². The minimum Gasteiger partial charge on any atom is -1.00 e. The summed E-state index contributed by atoms with van der Waals surface area (Å²) in [5, 5.41) is 1.32. The predicted molar refractivity (Wildman–Crippen MR) is 76.7 cm³/mol. The Kier molecular flexibility index (Phi) is 6.26. The number of rotatable bonds is 5. The quantitative estimate of drug-likeness (QED) is 0.686. The van der Waals surface area contributed by atoms with E-state index in [1.54, 1.807) is 0 Å². The van der Waals surface area contributed by atoms with Gasteiger partial charge in [-0.1, -0.05) is 26.0 Å². The maximum Gasteiger partial charge on any atom is 0.212 e. The van der Waals surface area contributed by atoms with Gasteiger partial charge in [-0.3, -0.25) is 4.90 Å². The van der Waals surface area contributed by atoms with Crippen LogP contribution >= 0.6 is 0 Å². The van der Waals surface area contributed by atoms with Crippen LogP contribution in [0.15, 0.2) is 36.4 Å². The number of hydrogen-bond acceptors (Lipinski definition) is 1. The molecule has 0 amide bonds. The van der Waals surface area contributed by atoms with Gasteiger partial charge in [-0.25, -0.2) is 0 Å². The van der Waals surface area contributed by atoms with Gasteiger partial charge in [-0.15, -0.1) is 0 Å². The molecular weight excluding hydrogens is 256 g/mol. The second-order valence-corrected chi connectivity index (χ2v) is 4.71.